The number of carbonyl (C=O) groups excluding carboxylic acids is 1. The summed E-state index contributed by atoms with van der Waals surface area (Å²) in [4.78, 5) is 10.9. The fraction of sp³-hybridized carbons (Fsp3) is 0.292. The van der Waals surface area contributed by atoms with Gasteiger partial charge < -0.3 is 4.74 Å². The van der Waals surface area contributed by atoms with Crippen LogP contribution in [-0.2, 0) is 4.79 Å². The second-order valence-corrected chi connectivity index (χ2v) is 8.29. The molecule has 0 fully saturated rings. The molecule has 1 atom stereocenters. The summed E-state index contributed by atoms with van der Waals surface area (Å²) in [5.74, 6) is 8.16. The van der Waals surface area contributed by atoms with Crippen LogP contribution in [0.3, 0.4) is 0 Å². The summed E-state index contributed by atoms with van der Waals surface area (Å²) in [6.45, 7) is 9.99. The molecule has 0 aliphatic rings. The number of nitrogens with two attached hydrogens (primary N) is 1. The summed E-state index contributed by atoms with van der Waals surface area (Å²) in [6, 6.07) is 12.1. The van der Waals surface area contributed by atoms with Gasteiger partial charge in [0.15, 0.2) is 6.61 Å². The zero-order valence-corrected chi connectivity index (χ0v) is 20.1. The number of aryl methyl sites for hydroxylation is 2. The van der Waals surface area contributed by atoms with Crippen LogP contribution in [0.25, 0.3) is 0 Å². The van der Waals surface area contributed by atoms with E-state index in [1.54, 1.807) is 0 Å². The monoisotopic (exact) mass is 536 g/mol. The van der Waals surface area contributed by atoms with Crippen LogP contribution >= 0.6 is 31.9 Å². The number of hydrogen-bond donors (Lipinski definition) is 2. The van der Waals surface area contributed by atoms with Crippen molar-refractivity contribution in [2.24, 2.45) is 5.84 Å². The van der Waals surface area contributed by atoms with E-state index in [0.717, 1.165) is 26.5 Å². The highest BCUT2D eigenvalue weighted by atomic mass is 79.9. The second kappa shape index (κ2) is 14.0. The molecular formula is C24H30Br2N2O2. The second-order valence-electron chi connectivity index (χ2n) is 6.58. The highest BCUT2D eigenvalue weighted by Crippen LogP contribution is 2.34. The maximum absolute atomic E-state index is 10.9. The Morgan fingerprint density at radius 2 is 1.83 bits per heavy atom. The van der Waals surface area contributed by atoms with Gasteiger partial charge in [0.05, 0.1) is 8.95 Å². The Hall–Kier alpha value is -2.07. The number of benzene rings is 2. The molecular weight excluding hydrogens is 508 g/mol. The fourth-order valence-corrected chi connectivity index (χ4v) is 4.29. The maximum atomic E-state index is 10.9. The van der Waals surface area contributed by atoms with Crippen molar-refractivity contribution in [1.29, 1.82) is 0 Å². The summed E-state index contributed by atoms with van der Waals surface area (Å²) in [7, 11) is 0. The molecule has 162 valence electrons. The highest BCUT2D eigenvalue weighted by Gasteiger charge is 2.12. The lowest BCUT2D eigenvalue weighted by atomic mass is 9.87. The summed E-state index contributed by atoms with van der Waals surface area (Å²) in [5, 5.41) is 0. The summed E-state index contributed by atoms with van der Waals surface area (Å²) in [6.07, 6.45) is 6.10. The van der Waals surface area contributed by atoms with Crippen LogP contribution in [0.15, 0.2) is 57.5 Å². The van der Waals surface area contributed by atoms with Gasteiger partial charge >= 0.3 is 0 Å². The van der Waals surface area contributed by atoms with E-state index in [1.165, 1.54) is 11.1 Å². The van der Waals surface area contributed by atoms with Gasteiger partial charge in [-0.15, -0.1) is 12.3 Å². The number of hydrogen-bond acceptors (Lipinski definition) is 3. The Labute approximate surface area is 197 Å². The molecule has 0 bridgehead atoms. The van der Waals surface area contributed by atoms with Crippen LogP contribution in [0.5, 0.6) is 5.75 Å². The number of hydrazine groups is 1. The van der Waals surface area contributed by atoms with E-state index in [4.69, 9.17) is 17.0 Å². The van der Waals surface area contributed by atoms with E-state index in [0.29, 0.717) is 11.7 Å². The third-order valence-electron chi connectivity index (χ3n) is 4.13. The molecule has 30 heavy (non-hydrogen) atoms. The van der Waals surface area contributed by atoms with Gasteiger partial charge in [-0.2, -0.15) is 0 Å². The molecule has 0 saturated heterocycles. The van der Waals surface area contributed by atoms with Crippen LogP contribution in [0.2, 0.25) is 0 Å². The number of nitrogens with one attached hydrogen (secondary N) is 1. The molecule has 2 rings (SSSR count). The number of terminal acetylenes is 1. The Morgan fingerprint density at radius 3 is 2.30 bits per heavy atom. The number of ether oxygens (including phenoxy) is 1. The molecule has 0 spiro atoms. The Bertz CT molecular complexity index is 881. The Balaban J connectivity index is 0.000000544. The lowest BCUT2D eigenvalue weighted by molar-refractivity contribution is -0.123. The molecule has 0 aliphatic carbocycles. The lowest BCUT2D eigenvalue weighted by Gasteiger charge is -2.16. The van der Waals surface area contributed by atoms with Crippen LogP contribution in [0, 0.1) is 26.2 Å². The highest BCUT2D eigenvalue weighted by molar-refractivity contribution is 9.11. The molecule has 0 radical (unpaired) electrons. The molecule has 3 N–H and O–H groups in total. The predicted octanol–water partition coefficient (Wildman–Crippen LogP) is 6.20. The van der Waals surface area contributed by atoms with Crippen molar-refractivity contribution >= 4 is 37.8 Å². The van der Waals surface area contributed by atoms with Crippen LogP contribution in [0.4, 0.5) is 0 Å². The minimum Gasteiger partial charge on any atom is -0.481 e. The molecule has 1 amide bonds. The number of halogens is 2. The van der Waals surface area contributed by atoms with Crippen molar-refractivity contribution in [3.63, 3.8) is 0 Å². The standard InChI is InChI=1S/C14H16.C9H10Br2N2O2.CH4/c1-5-8-13(11(2)3)14-10-7-6-9-12(14)4;1-5-2-6(10)9(7(11)3-5)15-4-8(14)13-12;/h1,6-7,9-10,13H,2,8H2,3-4H3;2-3H,4,12H2,1H3,(H,13,14);1H4. The van der Waals surface area contributed by atoms with Gasteiger partial charge in [0, 0.05) is 12.3 Å². The van der Waals surface area contributed by atoms with E-state index in [9.17, 15) is 4.79 Å². The summed E-state index contributed by atoms with van der Waals surface area (Å²) < 4.78 is 6.87. The summed E-state index contributed by atoms with van der Waals surface area (Å²) in [5.41, 5.74) is 6.81. The van der Waals surface area contributed by atoms with Crippen molar-refractivity contribution in [1.82, 2.24) is 5.43 Å². The first kappa shape index (κ1) is 27.9. The van der Waals surface area contributed by atoms with E-state index >= 15 is 0 Å². The van der Waals surface area contributed by atoms with Gasteiger partial charge in [0.2, 0.25) is 0 Å². The SMILES string of the molecule is C.C#CCC(C(=C)C)c1ccccc1C.Cc1cc(Br)c(OCC(=O)NN)c(Br)c1. The fourth-order valence-electron chi connectivity index (χ4n) is 2.65. The quantitative estimate of drug-likeness (QED) is 0.151. The average Bonchev–Trinajstić information content (AvgIpc) is 2.66. The minimum absolute atomic E-state index is 0. The largest absolute Gasteiger partial charge is 0.481 e. The Morgan fingerprint density at radius 1 is 1.27 bits per heavy atom. The topological polar surface area (TPSA) is 64.3 Å². The zero-order chi connectivity index (χ0) is 22.0. The third-order valence-corrected chi connectivity index (χ3v) is 5.31. The molecule has 6 heteroatoms. The van der Waals surface area contributed by atoms with Gasteiger partial charge in [-0.25, -0.2) is 5.84 Å². The first-order chi connectivity index (χ1) is 13.7. The zero-order valence-electron chi connectivity index (χ0n) is 16.9. The maximum Gasteiger partial charge on any atom is 0.271 e. The molecule has 0 aromatic heterocycles. The van der Waals surface area contributed by atoms with Gasteiger partial charge in [0.25, 0.3) is 5.91 Å². The third kappa shape index (κ3) is 8.74. The lowest BCUT2D eigenvalue weighted by Crippen LogP contribution is -2.34. The average molecular weight is 538 g/mol. The van der Waals surface area contributed by atoms with Gasteiger partial charge in [0.1, 0.15) is 5.75 Å². The molecule has 0 saturated carbocycles. The van der Waals surface area contributed by atoms with Crippen LogP contribution < -0.4 is 16.0 Å². The summed E-state index contributed by atoms with van der Waals surface area (Å²) >= 11 is 6.70. The van der Waals surface area contributed by atoms with Gasteiger partial charge in [-0.05, 0) is 81.5 Å². The van der Waals surface area contributed by atoms with Gasteiger partial charge in [-0.1, -0.05) is 43.8 Å². The van der Waals surface area contributed by atoms with Crippen LogP contribution in [-0.4, -0.2) is 12.5 Å². The number of allylic oxidation sites excluding steroid dienone is 1. The molecule has 0 aliphatic heterocycles. The molecule has 2 aromatic rings. The first-order valence-electron chi connectivity index (χ1n) is 8.93. The van der Waals surface area contributed by atoms with Crippen LogP contribution in [0.1, 0.15) is 43.4 Å². The first-order valence-corrected chi connectivity index (χ1v) is 10.5. The normalized spacial score (nSPS) is 10.4. The van der Waals surface area contributed by atoms with E-state index in [-0.39, 0.29) is 19.9 Å². The number of amides is 1. The van der Waals surface area contributed by atoms with E-state index in [1.807, 2.05) is 37.5 Å². The van der Waals surface area contributed by atoms with E-state index < -0.39 is 0 Å². The van der Waals surface area contributed by atoms with Gasteiger partial charge in [-0.3, -0.25) is 10.2 Å². The van der Waals surface area contributed by atoms with Crippen molar-refractivity contribution < 1.29 is 9.53 Å². The van der Waals surface area contributed by atoms with Crippen molar-refractivity contribution in [3.8, 4) is 18.1 Å². The smallest absolute Gasteiger partial charge is 0.271 e. The predicted molar refractivity (Wildman–Crippen MR) is 133 cm³/mol. The number of rotatable bonds is 6. The Kier molecular flexibility index (Phi) is 13.1. The molecule has 4 nitrogen and oxygen atoms in total. The van der Waals surface area contributed by atoms with Crippen molar-refractivity contribution in [3.05, 3.63) is 74.2 Å². The van der Waals surface area contributed by atoms with Crippen molar-refractivity contribution in [2.75, 3.05) is 6.61 Å². The minimum atomic E-state index is -0.380. The molecule has 2 aromatic carbocycles. The molecule has 0 heterocycles. The van der Waals surface area contributed by atoms with Crippen molar-refractivity contribution in [2.45, 2.75) is 40.5 Å². The van der Waals surface area contributed by atoms with E-state index in [2.05, 4.69) is 69.5 Å². The molecule has 1 unspecified atom stereocenters. The number of carbonyl (C=O) groups is 1.